The summed E-state index contributed by atoms with van der Waals surface area (Å²) in [5.41, 5.74) is 1.12. The Kier molecular flexibility index (Phi) is 5.24. The van der Waals surface area contributed by atoms with Crippen LogP contribution in [-0.2, 0) is 6.42 Å². The first-order chi connectivity index (χ1) is 9.74. The summed E-state index contributed by atoms with van der Waals surface area (Å²) in [6.07, 6.45) is 1.65. The maximum absolute atomic E-state index is 12.2. The molecule has 0 aliphatic carbocycles. The van der Waals surface area contributed by atoms with Gasteiger partial charge in [-0.15, -0.1) is 0 Å². The number of urea groups is 1. The quantitative estimate of drug-likeness (QED) is 0.856. The molecule has 1 aliphatic rings. The minimum atomic E-state index is -0.131. The van der Waals surface area contributed by atoms with Gasteiger partial charge in [0.1, 0.15) is 12.4 Å². The van der Waals surface area contributed by atoms with Gasteiger partial charge in [-0.25, -0.2) is 4.79 Å². The molecule has 0 radical (unpaired) electrons. The van der Waals surface area contributed by atoms with E-state index >= 15 is 0 Å². The summed E-state index contributed by atoms with van der Waals surface area (Å²) in [7, 11) is 0. The third kappa shape index (κ3) is 3.63. The molecule has 5 nitrogen and oxygen atoms in total. The summed E-state index contributed by atoms with van der Waals surface area (Å²) in [6, 6.07) is 7.74. The van der Waals surface area contributed by atoms with Crippen LogP contribution in [0, 0.1) is 0 Å². The van der Waals surface area contributed by atoms with Gasteiger partial charge in [-0.05, 0) is 24.5 Å². The number of ether oxygens (including phenoxy) is 1. The zero-order valence-corrected chi connectivity index (χ0v) is 11.8. The third-order valence-electron chi connectivity index (χ3n) is 3.36. The van der Waals surface area contributed by atoms with E-state index in [4.69, 9.17) is 9.84 Å². The fourth-order valence-corrected chi connectivity index (χ4v) is 2.39. The molecule has 2 rings (SSSR count). The fraction of sp³-hybridized carbons (Fsp3) is 0.533. The van der Waals surface area contributed by atoms with Gasteiger partial charge in [0.25, 0.3) is 0 Å². The van der Waals surface area contributed by atoms with Crippen LogP contribution >= 0.6 is 0 Å². The van der Waals surface area contributed by atoms with Crippen molar-refractivity contribution >= 4 is 6.03 Å². The predicted octanol–water partition coefficient (Wildman–Crippen LogP) is 1.40. The molecular formula is C15H22N2O3. The van der Waals surface area contributed by atoms with Crippen molar-refractivity contribution in [2.24, 2.45) is 0 Å². The molecule has 20 heavy (non-hydrogen) atoms. The van der Waals surface area contributed by atoms with Crippen LogP contribution in [0.1, 0.15) is 18.9 Å². The molecule has 0 aromatic heterocycles. The van der Waals surface area contributed by atoms with Gasteiger partial charge in [0.15, 0.2) is 0 Å². The third-order valence-corrected chi connectivity index (χ3v) is 3.36. The van der Waals surface area contributed by atoms with Crippen LogP contribution in [0.5, 0.6) is 5.75 Å². The highest BCUT2D eigenvalue weighted by atomic mass is 16.5. The number of amides is 2. The predicted molar refractivity (Wildman–Crippen MR) is 76.9 cm³/mol. The molecule has 1 unspecified atom stereocenters. The summed E-state index contributed by atoms with van der Waals surface area (Å²) in [5, 5.41) is 12.0. The molecule has 1 atom stereocenters. The molecule has 0 saturated carbocycles. The van der Waals surface area contributed by atoms with Crippen molar-refractivity contribution in [3.63, 3.8) is 0 Å². The minimum Gasteiger partial charge on any atom is -0.491 e. The Balaban J connectivity index is 1.92. The van der Waals surface area contributed by atoms with Crippen molar-refractivity contribution in [2.45, 2.75) is 25.8 Å². The normalized spacial score (nSPS) is 17.0. The highest BCUT2D eigenvalue weighted by Crippen LogP contribution is 2.23. The lowest BCUT2D eigenvalue weighted by atomic mass is 10.0. The van der Waals surface area contributed by atoms with Gasteiger partial charge in [0.2, 0.25) is 0 Å². The van der Waals surface area contributed by atoms with E-state index in [9.17, 15) is 4.79 Å². The van der Waals surface area contributed by atoms with Crippen LogP contribution in [0.2, 0.25) is 0 Å². The first-order valence-electron chi connectivity index (χ1n) is 7.11. The highest BCUT2D eigenvalue weighted by molar-refractivity contribution is 5.74. The lowest BCUT2D eigenvalue weighted by molar-refractivity contribution is 0.165. The number of carbonyl (C=O) groups excluding carboxylic acids is 1. The number of fused-ring (bicyclic) bond motifs is 1. The number of para-hydroxylation sites is 1. The second kappa shape index (κ2) is 7.14. The molecular weight excluding hydrogens is 256 g/mol. The van der Waals surface area contributed by atoms with E-state index < -0.39 is 0 Å². The number of nitrogens with zero attached hydrogens (tertiary/aromatic N) is 1. The number of rotatable bonds is 5. The number of nitrogens with one attached hydrogen (secondary N) is 1. The topological polar surface area (TPSA) is 61.8 Å². The summed E-state index contributed by atoms with van der Waals surface area (Å²) >= 11 is 0. The maximum atomic E-state index is 12.2. The van der Waals surface area contributed by atoms with Crippen LogP contribution in [0.15, 0.2) is 24.3 Å². The van der Waals surface area contributed by atoms with E-state index in [1.165, 1.54) is 0 Å². The average Bonchev–Trinajstić information content (AvgIpc) is 2.47. The van der Waals surface area contributed by atoms with Crippen molar-refractivity contribution in [3.8, 4) is 5.75 Å². The zero-order valence-electron chi connectivity index (χ0n) is 11.8. The van der Waals surface area contributed by atoms with Crippen LogP contribution in [0.25, 0.3) is 0 Å². The van der Waals surface area contributed by atoms with E-state index in [-0.39, 0.29) is 18.7 Å². The van der Waals surface area contributed by atoms with Crippen molar-refractivity contribution in [1.29, 1.82) is 0 Å². The van der Waals surface area contributed by atoms with Crippen LogP contribution in [-0.4, -0.2) is 48.4 Å². The van der Waals surface area contributed by atoms with Gasteiger partial charge in [-0.2, -0.15) is 0 Å². The van der Waals surface area contributed by atoms with E-state index in [2.05, 4.69) is 5.32 Å². The summed E-state index contributed by atoms with van der Waals surface area (Å²) < 4.78 is 5.65. The monoisotopic (exact) mass is 278 g/mol. The average molecular weight is 278 g/mol. The van der Waals surface area contributed by atoms with Crippen molar-refractivity contribution in [1.82, 2.24) is 10.2 Å². The molecule has 1 aliphatic heterocycles. The largest absolute Gasteiger partial charge is 0.491 e. The zero-order chi connectivity index (χ0) is 14.4. The molecule has 1 heterocycles. The molecule has 1 aromatic carbocycles. The van der Waals surface area contributed by atoms with Gasteiger partial charge in [0, 0.05) is 13.1 Å². The van der Waals surface area contributed by atoms with E-state index in [1.807, 2.05) is 31.2 Å². The maximum Gasteiger partial charge on any atom is 0.317 e. The Morgan fingerprint density at radius 2 is 2.25 bits per heavy atom. The van der Waals surface area contributed by atoms with Crippen LogP contribution in [0.3, 0.4) is 0 Å². The van der Waals surface area contributed by atoms with Gasteiger partial charge < -0.3 is 20.1 Å². The van der Waals surface area contributed by atoms with Crippen LogP contribution < -0.4 is 10.1 Å². The summed E-state index contributed by atoms with van der Waals surface area (Å²) in [4.78, 5) is 13.8. The number of benzene rings is 1. The first kappa shape index (κ1) is 14.7. The molecule has 0 spiro atoms. The Hall–Kier alpha value is -1.75. The lowest BCUT2D eigenvalue weighted by Gasteiger charge is -2.29. The number of hydrogen-bond donors (Lipinski definition) is 2. The Bertz CT molecular complexity index is 444. The molecule has 2 amide bonds. The minimum absolute atomic E-state index is 0.0164. The van der Waals surface area contributed by atoms with Gasteiger partial charge in [0.05, 0.1) is 12.6 Å². The molecule has 5 heteroatoms. The summed E-state index contributed by atoms with van der Waals surface area (Å²) in [5.74, 6) is 0.902. The number of hydrogen-bond acceptors (Lipinski definition) is 3. The number of aliphatic hydroxyl groups is 1. The van der Waals surface area contributed by atoms with Crippen molar-refractivity contribution in [3.05, 3.63) is 29.8 Å². The van der Waals surface area contributed by atoms with Gasteiger partial charge in [-0.3, -0.25) is 0 Å². The Morgan fingerprint density at radius 1 is 1.45 bits per heavy atom. The van der Waals surface area contributed by atoms with E-state index in [1.54, 1.807) is 4.90 Å². The second-order valence-corrected chi connectivity index (χ2v) is 4.98. The fourth-order valence-electron chi connectivity index (χ4n) is 2.39. The summed E-state index contributed by atoms with van der Waals surface area (Å²) in [6.45, 7) is 3.50. The molecule has 2 N–H and O–H groups in total. The SMILES string of the molecule is CCCN(CCO)C(=O)NC1COc2ccccc2C1. The molecule has 0 bridgehead atoms. The molecule has 0 fully saturated rings. The molecule has 110 valence electrons. The van der Waals surface area contributed by atoms with Crippen LogP contribution in [0.4, 0.5) is 4.79 Å². The van der Waals surface area contributed by atoms with E-state index in [0.717, 1.165) is 24.2 Å². The smallest absolute Gasteiger partial charge is 0.317 e. The number of carbonyl (C=O) groups is 1. The molecule has 1 aromatic rings. The standard InChI is InChI=1S/C15H22N2O3/c1-2-7-17(8-9-18)15(19)16-13-10-12-5-3-4-6-14(12)20-11-13/h3-6,13,18H,2,7-11H2,1H3,(H,16,19). The first-order valence-corrected chi connectivity index (χ1v) is 7.11. The Labute approximate surface area is 119 Å². The van der Waals surface area contributed by atoms with Crippen molar-refractivity contribution < 1.29 is 14.6 Å². The Morgan fingerprint density at radius 3 is 3.00 bits per heavy atom. The second-order valence-electron chi connectivity index (χ2n) is 4.98. The highest BCUT2D eigenvalue weighted by Gasteiger charge is 2.22. The number of aliphatic hydroxyl groups excluding tert-OH is 1. The van der Waals surface area contributed by atoms with Gasteiger partial charge in [-0.1, -0.05) is 25.1 Å². The molecule has 0 saturated heterocycles. The van der Waals surface area contributed by atoms with Crippen molar-refractivity contribution in [2.75, 3.05) is 26.3 Å². The lowest BCUT2D eigenvalue weighted by Crippen LogP contribution is -2.49. The van der Waals surface area contributed by atoms with E-state index in [0.29, 0.717) is 19.7 Å². The van der Waals surface area contributed by atoms with Gasteiger partial charge >= 0.3 is 6.03 Å².